The van der Waals surface area contributed by atoms with E-state index in [2.05, 4.69) is 30.5 Å². The normalized spacial score (nSPS) is 10.4. The topological polar surface area (TPSA) is 95.5 Å². The molecular formula is C20H24N2O4S. The monoisotopic (exact) mass is 388 g/mol. The van der Waals surface area contributed by atoms with Crippen molar-refractivity contribution in [3.63, 3.8) is 0 Å². The van der Waals surface area contributed by atoms with Crippen LogP contribution < -0.4 is 10.6 Å². The van der Waals surface area contributed by atoms with E-state index in [1.165, 1.54) is 15.3 Å². The van der Waals surface area contributed by atoms with Gasteiger partial charge in [-0.3, -0.25) is 14.4 Å². The third kappa shape index (κ3) is 7.22. The minimum absolute atomic E-state index is 0.0356. The lowest BCUT2D eigenvalue weighted by atomic mass is 10.1. The zero-order valence-electron chi connectivity index (χ0n) is 15.5. The maximum atomic E-state index is 12.1. The molecule has 0 saturated carbocycles. The summed E-state index contributed by atoms with van der Waals surface area (Å²) in [6.45, 7) is 3.81. The van der Waals surface area contributed by atoms with Gasteiger partial charge in [0.05, 0.1) is 6.42 Å². The number of amides is 2. The van der Waals surface area contributed by atoms with Crippen LogP contribution in [0.25, 0.3) is 0 Å². The molecule has 0 unspecified atom stereocenters. The predicted molar refractivity (Wildman–Crippen MR) is 106 cm³/mol. The van der Waals surface area contributed by atoms with Gasteiger partial charge in [-0.05, 0) is 56.0 Å². The van der Waals surface area contributed by atoms with Gasteiger partial charge in [-0.2, -0.15) is 0 Å². The van der Waals surface area contributed by atoms with Crippen molar-refractivity contribution in [2.45, 2.75) is 39.5 Å². The molecule has 0 spiro atoms. The van der Waals surface area contributed by atoms with Gasteiger partial charge in [-0.1, -0.05) is 12.1 Å². The third-order valence-electron chi connectivity index (χ3n) is 4.03. The Kier molecular flexibility index (Phi) is 7.55. The van der Waals surface area contributed by atoms with Crippen molar-refractivity contribution in [1.82, 2.24) is 5.32 Å². The molecule has 7 heteroatoms. The summed E-state index contributed by atoms with van der Waals surface area (Å²) < 4.78 is 0. The number of thiophene rings is 1. The summed E-state index contributed by atoms with van der Waals surface area (Å²) in [5, 5.41) is 13.7. The van der Waals surface area contributed by atoms with E-state index in [1.54, 1.807) is 35.6 Å². The second-order valence-corrected chi connectivity index (χ2v) is 7.84. The molecule has 1 heterocycles. The summed E-state index contributed by atoms with van der Waals surface area (Å²) in [6, 6.07) is 9.15. The molecule has 2 aromatic rings. The maximum Gasteiger partial charge on any atom is 0.322 e. The molecule has 0 aliphatic heterocycles. The number of aliphatic carboxylic acids is 1. The van der Waals surface area contributed by atoms with Crippen LogP contribution in [0.5, 0.6) is 0 Å². The van der Waals surface area contributed by atoms with E-state index in [0.29, 0.717) is 12.1 Å². The van der Waals surface area contributed by atoms with Gasteiger partial charge in [0.15, 0.2) is 0 Å². The molecule has 0 bridgehead atoms. The third-order valence-corrected chi connectivity index (χ3v) is 5.04. The number of anilines is 1. The Labute approximate surface area is 162 Å². The lowest BCUT2D eigenvalue weighted by molar-refractivity contribution is -0.137. The summed E-state index contributed by atoms with van der Waals surface area (Å²) in [5.41, 5.74) is 2.74. The SMILES string of the molecule is Cc1cc(CCCC(=O)Nc2ccc(CC(=O)NCC(=O)O)cc2)c(C)s1. The summed E-state index contributed by atoms with van der Waals surface area (Å²) in [4.78, 5) is 36.7. The molecule has 3 N–H and O–H groups in total. The van der Waals surface area contributed by atoms with Crippen LogP contribution in [0.2, 0.25) is 0 Å². The van der Waals surface area contributed by atoms with Gasteiger partial charge in [0, 0.05) is 21.9 Å². The summed E-state index contributed by atoms with van der Waals surface area (Å²) >= 11 is 1.78. The maximum absolute atomic E-state index is 12.1. The van der Waals surface area contributed by atoms with Crippen LogP contribution in [0, 0.1) is 13.8 Å². The van der Waals surface area contributed by atoms with Crippen LogP contribution >= 0.6 is 11.3 Å². The molecule has 1 aromatic carbocycles. The van der Waals surface area contributed by atoms with Crippen LogP contribution in [-0.4, -0.2) is 29.4 Å². The number of benzene rings is 1. The molecular weight excluding hydrogens is 364 g/mol. The number of aryl methyl sites for hydroxylation is 3. The van der Waals surface area contributed by atoms with Crippen LogP contribution in [0.1, 0.15) is 33.7 Å². The molecule has 2 amide bonds. The van der Waals surface area contributed by atoms with E-state index in [-0.39, 0.29) is 18.2 Å². The molecule has 0 radical (unpaired) electrons. The fourth-order valence-corrected chi connectivity index (χ4v) is 3.70. The molecule has 6 nitrogen and oxygen atoms in total. The Morgan fingerprint density at radius 3 is 2.37 bits per heavy atom. The Morgan fingerprint density at radius 2 is 1.78 bits per heavy atom. The Hall–Kier alpha value is -2.67. The summed E-state index contributed by atoms with van der Waals surface area (Å²) in [6.07, 6.45) is 2.24. The van der Waals surface area contributed by atoms with Crippen LogP contribution in [0.4, 0.5) is 5.69 Å². The largest absolute Gasteiger partial charge is 0.480 e. The highest BCUT2D eigenvalue weighted by Gasteiger charge is 2.08. The number of rotatable bonds is 9. The van der Waals surface area contributed by atoms with Gasteiger partial charge in [-0.25, -0.2) is 0 Å². The van der Waals surface area contributed by atoms with Gasteiger partial charge in [0.1, 0.15) is 6.54 Å². The summed E-state index contributed by atoms with van der Waals surface area (Å²) in [5.74, 6) is -1.47. The predicted octanol–water partition coefficient (Wildman–Crippen LogP) is 3.07. The number of hydrogen-bond acceptors (Lipinski definition) is 4. The van der Waals surface area contributed by atoms with E-state index in [4.69, 9.17) is 5.11 Å². The smallest absolute Gasteiger partial charge is 0.322 e. The minimum Gasteiger partial charge on any atom is -0.480 e. The molecule has 144 valence electrons. The first-order chi connectivity index (χ1) is 12.8. The Bertz CT molecular complexity index is 812. The minimum atomic E-state index is -1.08. The molecule has 0 aliphatic rings. The van der Waals surface area contributed by atoms with Gasteiger partial charge in [0.25, 0.3) is 0 Å². The first-order valence-corrected chi connectivity index (χ1v) is 9.58. The lowest BCUT2D eigenvalue weighted by Gasteiger charge is -2.07. The van der Waals surface area contributed by atoms with Gasteiger partial charge < -0.3 is 15.7 Å². The number of nitrogens with one attached hydrogen (secondary N) is 2. The highest BCUT2D eigenvalue weighted by Crippen LogP contribution is 2.22. The van der Waals surface area contributed by atoms with E-state index in [0.717, 1.165) is 18.4 Å². The van der Waals surface area contributed by atoms with Crippen LogP contribution in [-0.2, 0) is 27.2 Å². The number of carbonyl (C=O) groups excluding carboxylic acids is 2. The second kappa shape index (κ2) is 9.87. The first-order valence-electron chi connectivity index (χ1n) is 8.76. The van der Waals surface area contributed by atoms with Crippen molar-refractivity contribution in [2.75, 3.05) is 11.9 Å². The highest BCUT2D eigenvalue weighted by molar-refractivity contribution is 7.12. The summed E-state index contributed by atoms with van der Waals surface area (Å²) in [7, 11) is 0. The van der Waals surface area contributed by atoms with Crippen molar-refractivity contribution in [1.29, 1.82) is 0 Å². The second-order valence-electron chi connectivity index (χ2n) is 6.38. The van der Waals surface area contributed by atoms with Crippen LogP contribution in [0.3, 0.4) is 0 Å². The number of carboxylic acids is 1. The lowest BCUT2D eigenvalue weighted by Crippen LogP contribution is -2.30. The molecule has 0 saturated heterocycles. The van der Waals surface area contributed by atoms with Gasteiger partial charge in [0.2, 0.25) is 11.8 Å². The van der Waals surface area contributed by atoms with Crippen molar-refractivity contribution in [3.8, 4) is 0 Å². The van der Waals surface area contributed by atoms with E-state index >= 15 is 0 Å². The Balaban J connectivity index is 1.74. The Morgan fingerprint density at radius 1 is 1.07 bits per heavy atom. The van der Waals surface area contributed by atoms with E-state index in [1.807, 2.05) is 0 Å². The van der Waals surface area contributed by atoms with Gasteiger partial charge in [-0.15, -0.1) is 11.3 Å². The van der Waals surface area contributed by atoms with Crippen molar-refractivity contribution >= 4 is 34.8 Å². The van der Waals surface area contributed by atoms with E-state index < -0.39 is 12.5 Å². The van der Waals surface area contributed by atoms with Crippen molar-refractivity contribution < 1.29 is 19.5 Å². The molecule has 27 heavy (non-hydrogen) atoms. The van der Waals surface area contributed by atoms with Gasteiger partial charge >= 0.3 is 5.97 Å². The molecule has 0 atom stereocenters. The quantitative estimate of drug-likeness (QED) is 0.615. The molecule has 2 rings (SSSR count). The molecule has 0 fully saturated rings. The first kappa shape index (κ1) is 20.6. The highest BCUT2D eigenvalue weighted by atomic mass is 32.1. The van der Waals surface area contributed by atoms with Crippen molar-refractivity contribution in [3.05, 3.63) is 51.2 Å². The molecule has 1 aromatic heterocycles. The fourth-order valence-electron chi connectivity index (χ4n) is 2.72. The van der Waals surface area contributed by atoms with E-state index in [9.17, 15) is 14.4 Å². The fraction of sp³-hybridized carbons (Fsp3) is 0.350. The van der Waals surface area contributed by atoms with Crippen molar-refractivity contribution in [2.24, 2.45) is 0 Å². The average molecular weight is 388 g/mol. The zero-order valence-corrected chi connectivity index (χ0v) is 16.3. The zero-order chi connectivity index (χ0) is 19.8. The molecule has 0 aliphatic carbocycles. The standard InChI is InChI=1S/C20H24N2O4S/c1-13-10-16(14(2)27-13)4-3-5-18(23)22-17-8-6-15(7-9-17)11-19(24)21-12-20(25)26/h6-10H,3-5,11-12H2,1-2H3,(H,21,24)(H,22,23)(H,25,26). The number of hydrogen-bond donors (Lipinski definition) is 3. The number of carbonyl (C=O) groups is 3. The van der Waals surface area contributed by atoms with Crippen LogP contribution in [0.15, 0.2) is 30.3 Å². The number of carboxylic acid groups (broad SMARTS) is 1. The average Bonchev–Trinajstić information content (AvgIpc) is 2.92.